The number of pyridine rings is 1. The normalized spacial score (nSPS) is 10.2. The molecule has 2 aromatic rings. The van der Waals surface area contributed by atoms with Gasteiger partial charge in [0.25, 0.3) is 5.69 Å². The number of anilines is 2. The largest absolute Gasteiger partial charge is 0.361 e. The van der Waals surface area contributed by atoms with Crippen LogP contribution >= 0.6 is 15.9 Å². The second-order valence-corrected chi connectivity index (χ2v) is 5.84. The Hall–Kier alpha value is -2.48. The van der Waals surface area contributed by atoms with Crippen molar-refractivity contribution in [3.8, 4) is 0 Å². The van der Waals surface area contributed by atoms with E-state index in [1.807, 2.05) is 19.1 Å². The summed E-state index contributed by atoms with van der Waals surface area (Å²) in [6, 6.07) is 6.92. The van der Waals surface area contributed by atoms with E-state index >= 15 is 0 Å². The van der Waals surface area contributed by atoms with E-state index < -0.39 is 4.92 Å². The van der Waals surface area contributed by atoms with Gasteiger partial charge in [-0.1, -0.05) is 15.9 Å². The van der Waals surface area contributed by atoms with Gasteiger partial charge in [-0.25, -0.2) is 4.98 Å². The lowest BCUT2D eigenvalue weighted by molar-refractivity contribution is -0.385. The van der Waals surface area contributed by atoms with Crippen LogP contribution in [0.3, 0.4) is 0 Å². The lowest BCUT2D eigenvalue weighted by Crippen LogP contribution is -2.22. The molecule has 0 saturated heterocycles. The number of halogens is 1. The molecular formula is C15H15BrN4O3. The molecule has 0 radical (unpaired) electrons. The lowest BCUT2D eigenvalue weighted by Gasteiger charge is -2.10. The standard InChI is InChI=1S/C15H15BrN4O3/c1-9-5-11(3-4-13(9)16)19-14(21)8-18-15-10(2)6-12(7-17-15)20(22)23/h3-7H,8H2,1-2H3,(H,17,18)(H,19,21). The van der Waals surface area contributed by atoms with Gasteiger partial charge in [0.2, 0.25) is 5.91 Å². The zero-order chi connectivity index (χ0) is 17.0. The molecule has 23 heavy (non-hydrogen) atoms. The van der Waals surface area contributed by atoms with Gasteiger partial charge < -0.3 is 10.6 Å². The highest BCUT2D eigenvalue weighted by Gasteiger charge is 2.10. The minimum absolute atomic E-state index is 0.0146. The number of aryl methyl sites for hydroxylation is 2. The van der Waals surface area contributed by atoms with Crippen LogP contribution in [0.1, 0.15) is 11.1 Å². The Morgan fingerprint density at radius 2 is 2.04 bits per heavy atom. The molecule has 2 N–H and O–H groups in total. The van der Waals surface area contributed by atoms with Gasteiger partial charge in [0.1, 0.15) is 12.0 Å². The van der Waals surface area contributed by atoms with E-state index in [-0.39, 0.29) is 18.1 Å². The summed E-state index contributed by atoms with van der Waals surface area (Å²) in [5.41, 5.74) is 2.24. The first-order valence-corrected chi connectivity index (χ1v) is 7.57. The summed E-state index contributed by atoms with van der Waals surface area (Å²) in [5, 5.41) is 16.3. The number of hydrogen-bond acceptors (Lipinski definition) is 5. The number of amides is 1. The molecule has 1 aromatic carbocycles. The van der Waals surface area contributed by atoms with Crippen LogP contribution in [0.15, 0.2) is 34.9 Å². The van der Waals surface area contributed by atoms with Crippen molar-refractivity contribution in [1.29, 1.82) is 0 Å². The SMILES string of the molecule is Cc1cc(NC(=O)CNc2ncc([N+](=O)[O-])cc2C)ccc1Br. The van der Waals surface area contributed by atoms with Crippen molar-refractivity contribution in [2.24, 2.45) is 0 Å². The maximum absolute atomic E-state index is 11.9. The Morgan fingerprint density at radius 3 is 2.65 bits per heavy atom. The van der Waals surface area contributed by atoms with Crippen LogP contribution < -0.4 is 10.6 Å². The summed E-state index contributed by atoms with van der Waals surface area (Å²) in [7, 11) is 0. The summed E-state index contributed by atoms with van der Waals surface area (Å²) in [6.45, 7) is 3.64. The summed E-state index contributed by atoms with van der Waals surface area (Å²) in [4.78, 5) is 26.1. The average Bonchev–Trinajstić information content (AvgIpc) is 2.49. The monoisotopic (exact) mass is 378 g/mol. The first kappa shape index (κ1) is 16.9. The molecule has 0 saturated carbocycles. The second-order valence-electron chi connectivity index (χ2n) is 4.98. The molecule has 0 spiro atoms. The minimum Gasteiger partial charge on any atom is -0.361 e. The van der Waals surface area contributed by atoms with E-state index in [4.69, 9.17) is 0 Å². The number of rotatable bonds is 5. The van der Waals surface area contributed by atoms with E-state index in [0.29, 0.717) is 17.1 Å². The Bertz CT molecular complexity index is 764. The average molecular weight is 379 g/mol. The van der Waals surface area contributed by atoms with Gasteiger partial charge in [0.05, 0.1) is 11.5 Å². The van der Waals surface area contributed by atoms with Gasteiger partial charge >= 0.3 is 0 Å². The van der Waals surface area contributed by atoms with Crippen molar-refractivity contribution in [3.05, 3.63) is 56.2 Å². The van der Waals surface area contributed by atoms with Gasteiger partial charge in [-0.3, -0.25) is 14.9 Å². The third-order valence-corrected chi connectivity index (χ3v) is 4.02. The Morgan fingerprint density at radius 1 is 1.30 bits per heavy atom. The van der Waals surface area contributed by atoms with E-state index in [9.17, 15) is 14.9 Å². The molecule has 2 rings (SSSR count). The van der Waals surface area contributed by atoms with Gasteiger partial charge in [0, 0.05) is 16.2 Å². The molecule has 0 fully saturated rings. The number of nitrogens with zero attached hydrogens (tertiary/aromatic N) is 2. The molecule has 0 atom stereocenters. The highest BCUT2D eigenvalue weighted by molar-refractivity contribution is 9.10. The molecule has 0 aliphatic carbocycles. The number of nitro groups is 1. The Balaban J connectivity index is 1.96. The topological polar surface area (TPSA) is 97.2 Å². The van der Waals surface area contributed by atoms with Crippen LogP contribution in [0.2, 0.25) is 0 Å². The zero-order valence-corrected chi connectivity index (χ0v) is 14.2. The highest BCUT2D eigenvalue weighted by atomic mass is 79.9. The van der Waals surface area contributed by atoms with Gasteiger partial charge in [-0.05, 0) is 43.2 Å². The van der Waals surface area contributed by atoms with E-state index in [2.05, 4.69) is 31.5 Å². The van der Waals surface area contributed by atoms with Crippen LogP contribution in [-0.2, 0) is 4.79 Å². The molecule has 1 heterocycles. The van der Waals surface area contributed by atoms with Crippen molar-refractivity contribution in [2.45, 2.75) is 13.8 Å². The van der Waals surface area contributed by atoms with Crippen molar-refractivity contribution in [1.82, 2.24) is 4.98 Å². The molecule has 0 bridgehead atoms. The number of carbonyl (C=O) groups is 1. The second kappa shape index (κ2) is 7.19. The fraction of sp³-hybridized carbons (Fsp3) is 0.200. The maximum Gasteiger partial charge on any atom is 0.287 e. The highest BCUT2D eigenvalue weighted by Crippen LogP contribution is 2.20. The quantitative estimate of drug-likeness (QED) is 0.613. The van der Waals surface area contributed by atoms with Crippen molar-refractivity contribution in [2.75, 3.05) is 17.2 Å². The summed E-state index contributed by atoms with van der Waals surface area (Å²) < 4.78 is 0.972. The first-order valence-electron chi connectivity index (χ1n) is 6.77. The van der Waals surface area contributed by atoms with Crippen molar-refractivity contribution >= 4 is 39.0 Å². The van der Waals surface area contributed by atoms with E-state index in [0.717, 1.165) is 16.2 Å². The molecular weight excluding hydrogens is 364 g/mol. The predicted octanol–water partition coefficient (Wildman–Crippen LogP) is 3.42. The molecule has 8 heteroatoms. The van der Waals surface area contributed by atoms with Crippen LogP contribution in [-0.4, -0.2) is 22.4 Å². The first-order chi connectivity index (χ1) is 10.9. The molecule has 7 nitrogen and oxygen atoms in total. The summed E-state index contributed by atoms with van der Waals surface area (Å²) >= 11 is 3.40. The van der Waals surface area contributed by atoms with Gasteiger partial charge in [0.15, 0.2) is 0 Å². The molecule has 120 valence electrons. The minimum atomic E-state index is -0.508. The fourth-order valence-corrected chi connectivity index (χ4v) is 2.18. The Kier molecular flexibility index (Phi) is 5.28. The number of hydrogen-bond donors (Lipinski definition) is 2. The van der Waals surface area contributed by atoms with Crippen LogP contribution in [0.5, 0.6) is 0 Å². The molecule has 0 unspecified atom stereocenters. The van der Waals surface area contributed by atoms with Crippen molar-refractivity contribution in [3.63, 3.8) is 0 Å². The number of nitrogens with one attached hydrogen (secondary N) is 2. The maximum atomic E-state index is 11.9. The Labute approximate surface area is 141 Å². The van der Waals surface area contributed by atoms with Crippen molar-refractivity contribution < 1.29 is 9.72 Å². The third-order valence-electron chi connectivity index (χ3n) is 3.13. The number of carbonyl (C=O) groups excluding carboxylic acids is 1. The lowest BCUT2D eigenvalue weighted by atomic mass is 10.2. The predicted molar refractivity (Wildman–Crippen MR) is 91.6 cm³/mol. The number of benzene rings is 1. The molecule has 0 aliphatic rings. The van der Waals surface area contributed by atoms with Gasteiger partial charge in [-0.2, -0.15) is 0 Å². The summed E-state index contributed by atoms with van der Waals surface area (Å²) in [6.07, 6.45) is 1.16. The zero-order valence-electron chi connectivity index (χ0n) is 12.6. The molecule has 0 aliphatic heterocycles. The smallest absolute Gasteiger partial charge is 0.287 e. The summed E-state index contributed by atoms with van der Waals surface area (Å²) in [5.74, 6) is 0.212. The van der Waals surface area contributed by atoms with E-state index in [1.54, 1.807) is 13.0 Å². The van der Waals surface area contributed by atoms with E-state index in [1.165, 1.54) is 6.07 Å². The number of aromatic nitrogens is 1. The van der Waals surface area contributed by atoms with Crippen LogP contribution in [0.4, 0.5) is 17.2 Å². The molecule has 1 aromatic heterocycles. The van der Waals surface area contributed by atoms with Crippen LogP contribution in [0, 0.1) is 24.0 Å². The van der Waals surface area contributed by atoms with Crippen LogP contribution in [0.25, 0.3) is 0 Å². The molecule has 1 amide bonds. The third kappa shape index (κ3) is 4.49. The fourth-order valence-electron chi connectivity index (χ4n) is 1.94. The van der Waals surface area contributed by atoms with Gasteiger partial charge in [-0.15, -0.1) is 0 Å².